The van der Waals surface area contributed by atoms with Crippen molar-refractivity contribution in [2.75, 3.05) is 0 Å². The second-order valence-electron chi connectivity index (χ2n) is 7.43. The van der Waals surface area contributed by atoms with Gasteiger partial charge in [0.1, 0.15) is 0 Å². The van der Waals surface area contributed by atoms with Gasteiger partial charge in [0.05, 0.1) is 11.4 Å². The van der Waals surface area contributed by atoms with Crippen LogP contribution in [0.25, 0.3) is 11.4 Å². The molecule has 26 heavy (non-hydrogen) atoms. The van der Waals surface area contributed by atoms with Crippen LogP contribution < -0.4 is 0 Å². The number of hydrogen-bond donors (Lipinski definition) is 0. The summed E-state index contributed by atoms with van der Waals surface area (Å²) in [7, 11) is 0. The van der Waals surface area contributed by atoms with Crippen molar-refractivity contribution in [2.24, 2.45) is 0 Å². The van der Waals surface area contributed by atoms with E-state index in [1.807, 2.05) is 12.4 Å². The Morgan fingerprint density at radius 1 is 0.577 bits per heavy atom. The molecule has 2 aromatic rings. The number of rotatable bonds is 13. The summed E-state index contributed by atoms with van der Waals surface area (Å²) in [5, 5.41) is 0. The molecule has 2 heterocycles. The zero-order valence-electron chi connectivity index (χ0n) is 16.8. The molecule has 0 aliphatic carbocycles. The Bertz CT molecular complexity index is 566. The molecule has 0 aromatic carbocycles. The van der Waals surface area contributed by atoms with Crippen LogP contribution in [0.4, 0.5) is 0 Å². The maximum absolute atomic E-state index is 4.57. The first-order chi connectivity index (χ1) is 12.8. The van der Waals surface area contributed by atoms with Gasteiger partial charge in [-0.25, -0.2) is 0 Å². The maximum Gasteiger partial charge on any atom is 0.0888 e. The third kappa shape index (κ3) is 7.68. The quantitative estimate of drug-likeness (QED) is 0.357. The summed E-state index contributed by atoms with van der Waals surface area (Å²) in [5.74, 6) is 0. The van der Waals surface area contributed by atoms with Gasteiger partial charge in [-0.15, -0.1) is 0 Å². The normalized spacial score (nSPS) is 11.0. The minimum absolute atomic E-state index is 1.02. The molecule has 0 bridgehead atoms. The van der Waals surface area contributed by atoms with E-state index in [4.69, 9.17) is 0 Å². The smallest absolute Gasteiger partial charge is 0.0888 e. The van der Waals surface area contributed by atoms with Gasteiger partial charge in [-0.1, -0.05) is 65.2 Å². The Morgan fingerprint density at radius 2 is 1.00 bits per heavy atom. The summed E-state index contributed by atoms with van der Waals surface area (Å²) < 4.78 is 0. The van der Waals surface area contributed by atoms with Crippen LogP contribution in [0.15, 0.2) is 36.7 Å². The predicted octanol–water partition coefficient (Wildman–Crippen LogP) is 7.17. The molecule has 2 nitrogen and oxygen atoms in total. The van der Waals surface area contributed by atoms with E-state index >= 15 is 0 Å². The first-order valence-corrected chi connectivity index (χ1v) is 10.7. The third-order valence-electron chi connectivity index (χ3n) is 5.05. The minimum atomic E-state index is 1.02. The van der Waals surface area contributed by atoms with Gasteiger partial charge in [-0.3, -0.25) is 9.97 Å². The number of nitrogens with zero attached hydrogens (tertiary/aromatic N) is 2. The molecule has 2 heteroatoms. The van der Waals surface area contributed by atoms with Crippen LogP contribution in [0.3, 0.4) is 0 Å². The molecular weight excluding hydrogens is 316 g/mol. The van der Waals surface area contributed by atoms with E-state index in [-0.39, 0.29) is 0 Å². The van der Waals surface area contributed by atoms with E-state index in [0.717, 1.165) is 24.2 Å². The fourth-order valence-corrected chi connectivity index (χ4v) is 3.41. The monoisotopic (exact) mass is 352 g/mol. The molecule has 0 aliphatic heterocycles. The van der Waals surface area contributed by atoms with Crippen molar-refractivity contribution in [3.63, 3.8) is 0 Å². The molecule has 0 saturated heterocycles. The van der Waals surface area contributed by atoms with E-state index in [0.29, 0.717) is 0 Å². The molecular formula is C24H36N2. The lowest BCUT2D eigenvalue weighted by Crippen LogP contribution is -1.94. The second kappa shape index (κ2) is 12.6. The van der Waals surface area contributed by atoms with Crippen LogP contribution in [0, 0.1) is 0 Å². The lowest BCUT2D eigenvalue weighted by Gasteiger charge is -2.07. The average molecular weight is 353 g/mol. The molecule has 0 radical (unpaired) electrons. The van der Waals surface area contributed by atoms with E-state index < -0.39 is 0 Å². The number of aromatic nitrogens is 2. The molecule has 0 N–H and O–H groups in total. The lowest BCUT2D eigenvalue weighted by molar-refractivity contribution is 0.632. The van der Waals surface area contributed by atoms with Crippen LogP contribution in [0.2, 0.25) is 0 Å². The Labute approximate surface area is 160 Å². The van der Waals surface area contributed by atoms with Crippen LogP contribution in [-0.4, -0.2) is 9.97 Å². The summed E-state index contributed by atoms with van der Waals surface area (Å²) in [5.41, 5.74) is 4.81. The van der Waals surface area contributed by atoms with Crippen molar-refractivity contribution < 1.29 is 0 Å². The first kappa shape index (κ1) is 20.6. The van der Waals surface area contributed by atoms with E-state index in [2.05, 4.69) is 48.1 Å². The van der Waals surface area contributed by atoms with Crippen molar-refractivity contribution in [3.8, 4) is 11.4 Å². The average Bonchev–Trinajstić information content (AvgIpc) is 2.68. The molecule has 0 fully saturated rings. The largest absolute Gasteiger partial charge is 0.255 e. The highest BCUT2D eigenvalue weighted by molar-refractivity contribution is 5.55. The fraction of sp³-hybridized carbons (Fsp3) is 0.583. The maximum atomic E-state index is 4.57. The van der Waals surface area contributed by atoms with Crippen molar-refractivity contribution in [1.29, 1.82) is 0 Å². The summed E-state index contributed by atoms with van der Waals surface area (Å²) in [4.78, 5) is 9.13. The number of pyridine rings is 2. The first-order valence-electron chi connectivity index (χ1n) is 10.7. The number of hydrogen-bond acceptors (Lipinski definition) is 2. The Kier molecular flexibility index (Phi) is 10.0. The SMILES string of the molecule is CCCCCCCc1ccnc(-c2cc(CCCCCCC)ccn2)c1. The molecule has 0 saturated carbocycles. The lowest BCUT2D eigenvalue weighted by atomic mass is 10.0. The molecule has 0 aliphatic rings. The minimum Gasteiger partial charge on any atom is -0.255 e. The highest BCUT2D eigenvalue weighted by atomic mass is 14.8. The summed E-state index contributed by atoms with van der Waals surface area (Å²) in [6, 6.07) is 8.77. The van der Waals surface area contributed by atoms with Gasteiger partial charge < -0.3 is 0 Å². The van der Waals surface area contributed by atoms with Gasteiger partial charge in [0.25, 0.3) is 0 Å². The molecule has 0 unspecified atom stereocenters. The number of aryl methyl sites for hydroxylation is 2. The highest BCUT2D eigenvalue weighted by Gasteiger charge is 2.04. The Balaban J connectivity index is 1.89. The van der Waals surface area contributed by atoms with Crippen LogP contribution >= 0.6 is 0 Å². The topological polar surface area (TPSA) is 25.8 Å². The van der Waals surface area contributed by atoms with Gasteiger partial charge in [-0.05, 0) is 61.1 Å². The van der Waals surface area contributed by atoms with E-state index in [9.17, 15) is 0 Å². The highest BCUT2D eigenvalue weighted by Crippen LogP contribution is 2.19. The third-order valence-corrected chi connectivity index (χ3v) is 5.05. The van der Waals surface area contributed by atoms with Gasteiger partial charge >= 0.3 is 0 Å². The summed E-state index contributed by atoms with van der Waals surface area (Å²) in [6.07, 6.45) is 19.4. The van der Waals surface area contributed by atoms with Gasteiger partial charge in [-0.2, -0.15) is 0 Å². The van der Waals surface area contributed by atoms with Crippen molar-refractivity contribution in [3.05, 3.63) is 47.8 Å². The van der Waals surface area contributed by atoms with Gasteiger partial charge in [0.2, 0.25) is 0 Å². The summed E-state index contributed by atoms with van der Waals surface area (Å²) >= 11 is 0. The molecule has 2 rings (SSSR count). The van der Waals surface area contributed by atoms with E-state index in [1.54, 1.807) is 0 Å². The standard InChI is InChI=1S/C24H36N2/c1-3-5-7-9-11-13-21-15-17-25-23(19-21)24-20-22(16-18-26-24)14-12-10-8-6-4-2/h15-20H,3-14H2,1-2H3. The van der Waals surface area contributed by atoms with Crippen LogP contribution in [0.5, 0.6) is 0 Å². The van der Waals surface area contributed by atoms with Crippen molar-refractivity contribution >= 4 is 0 Å². The van der Waals surface area contributed by atoms with Gasteiger partial charge in [0.15, 0.2) is 0 Å². The summed E-state index contributed by atoms with van der Waals surface area (Å²) in [6.45, 7) is 4.53. The molecule has 0 amide bonds. The molecule has 2 aromatic heterocycles. The van der Waals surface area contributed by atoms with Gasteiger partial charge in [0, 0.05) is 12.4 Å². The van der Waals surface area contributed by atoms with E-state index in [1.165, 1.54) is 75.3 Å². The fourth-order valence-electron chi connectivity index (χ4n) is 3.41. The number of unbranched alkanes of at least 4 members (excludes halogenated alkanes) is 8. The van der Waals surface area contributed by atoms with Crippen LogP contribution in [-0.2, 0) is 12.8 Å². The zero-order chi connectivity index (χ0) is 18.5. The molecule has 0 atom stereocenters. The Hall–Kier alpha value is -1.70. The van der Waals surface area contributed by atoms with Crippen LogP contribution in [0.1, 0.15) is 89.2 Å². The predicted molar refractivity (Wildman–Crippen MR) is 112 cm³/mol. The molecule has 0 spiro atoms. The van der Waals surface area contributed by atoms with Crippen molar-refractivity contribution in [1.82, 2.24) is 9.97 Å². The van der Waals surface area contributed by atoms with Crippen molar-refractivity contribution in [2.45, 2.75) is 90.9 Å². The zero-order valence-corrected chi connectivity index (χ0v) is 16.8. The molecule has 142 valence electrons. The second-order valence-corrected chi connectivity index (χ2v) is 7.43. The Morgan fingerprint density at radius 3 is 1.42 bits per heavy atom.